The second kappa shape index (κ2) is 11.7. The maximum atomic E-state index is 11.9. The number of halogens is 1. The third-order valence-electron chi connectivity index (χ3n) is 4.47. The minimum Gasteiger partial charge on any atom is -0.481 e. The number of fused-ring (bicyclic) bond motifs is 1. The van der Waals surface area contributed by atoms with Crippen molar-refractivity contribution < 1.29 is 34.4 Å². The molecule has 0 amide bonds. The first-order chi connectivity index (χ1) is 15.6. The number of hydrogen-bond donors (Lipinski definition) is 5. The molecule has 1 unspecified atom stereocenters. The molecule has 33 heavy (non-hydrogen) atoms. The molecule has 0 saturated heterocycles. The van der Waals surface area contributed by atoms with E-state index in [9.17, 15) is 9.59 Å². The van der Waals surface area contributed by atoms with Crippen molar-refractivity contribution in [3.05, 3.63) is 52.0 Å². The highest BCUT2D eigenvalue weighted by Gasteiger charge is 2.21. The monoisotopic (exact) mass is 484 g/mol. The van der Waals surface area contributed by atoms with Crippen molar-refractivity contribution in [3.63, 3.8) is 0 Å². The van der Waals surface area contributed by atoms with Crippen molar-refractivity contribution in [1.82, 2.24) is 14.5 Å². The molecule has 0 fully saturated rings. The van der Waals surface area contributed by atoms with Crippen molar-refractivity contribution in [2.24, 2.45) is 5.73 Å². The summed E-state index contributed by atoms with van der Waals surface area (Å²) in [5.74, 6) is -0.861. The Morgan fingerprint density at radius 3 is 2.36 bits per heavy atom. The number of rotatable bonds is 9. The molecular formula is C20H25ClN4O8. The standard InChI is InChI=1S/C16H14ClN3O5.C4H11NO3/c1-9(15-18-4-2-5-19-15)24-12-8-13-11(7-10(12)17)20(16(23)25-13)6-3-14(21)22;5-4(1-6,2-7)3-8/h2,4-5,7-9H,3,6H2,1H3,(H,21,22);6-8H,1-3,5H2. The van der Waals surface area contributed by atoms with E-state index in [4.69, 9.17) is 46.9 Å². The highest BCUT2D eigenvalue weighted by Crippen LogP contribution is 2.32. The van der Waals surface area contributed by atoms with Gasteiger partial charge in [0, 0.05) is 25.0 Å². The van der Waals surface area contributed by atoms with Crippen LogP contribution in [0.15, 0.2) is 39.8 Å². The van der Waals surface area contributed by atoms with Gasteiger partial charge in [-0.15, -0.1) is 0 Å². The van der Waals surface area contributed by atoms with Crippen molar-refractivity contribution in [3.8, 4) is 5.75 Å². The number of nitrogens with two attached hydrogens (primary N) is 1. The summed E-state index contributed by atoms with van der Waals surface area (Å²) in [4.78, 5) is 30.9. The predicted octanol–water partition coefficient (Wildman–Crippen LogP) is 0.313. The molecule has 0 aliphatic rings. The number of hydrogen-bond acceptors (Lipinski definition) is 10. The lowest BCUT2D eigenvalue weighted by Gasteiger charge is -2.20. The lowest BCUT2D eigenvalue weighted by atomic mass is 10.1. The Labute approximate surface area is 192 Å². The van der Waals surface area contributed by atoms with Crippen molar-refractivity contribution in [2.45, 2.75) is 31.5 Å². The number of nitrogens with zero attached hydrogens (tertiary/aromatic N) is 3. The van der Waals surface area contributed by atoms with E-state index in [1.807, 2.05) is 0 Å². The number of ether oxygens (including phenoxy) is 1. The fraction of sp³-hybridized carbons (Fsp3) is 0.400. The lowest BCUT2D eigenvalue weighted by molar-refractivity contribution is -0.137. The van der Waals surface area contributed by atoms with E-state index in [1.165, 1.54) is 16.7 Å². The summed E-state index contributed by atoms with van der Waals surface area (Å²) in [5.41, 5.74) is 4.61. The second-order valence-electron chi connectivity index (χ2n) is 7.12. The van der Waals surface area contributed by atoms with Gasteiger partial charge in [0.2, 0.25) is 0 Å². The maximum Gasteiger partial charge on any atom is 0.419 e. The lowest BCUT2D eigenvalue weighted by Crippen LogP contribution is -2.50. The molecule has 0 aliphatic carbocycles. The van der Waals surface area contributed by atoms with Crippen molar-refractivity contribution in [1.29, 1.82) is 0 Å². The molecule has 0 radical (unpaired) electrons. The number of oxazole rings is 1. The topological polar surface area (TPSA) is 194 Å². The third kappa shape index (κ3) is 6.97. The molecule has 1 aromatic carbocycles. The fourth-order valence-corrected chi connectivity index (χ4v) is 2.69. The Bertz CT molecular complexity index is 1110. The number of aliphatic hydroxyl groups is 3. The molecule has 180 valence electrons. The summed E-state index contributed by atoms with van der Waals surface area (Å²) in [5, 5.41) is 34.1. The van der Waals surface area contributed by atoms with Crippen LogP contribution in [0.5, 0.6) is 5.75 Å². The number of benzene rings is 1. The minimum atomic E-state index is -1.21. The smallest absolute Gasteiger partial charge is 0.419 e. The quantitative estimate of drug-likeness (QED) is 0.280. The summed E-state index contributed by atoms with van der Waals surface area (Å²) >= 11 is 6.24. The Morgan fingerprint density at radius 2 is 1.85 bits per heavy atom. The van der Waals surface area contributed by atoms with Crippen molar-refractivity contribution in [2.75, 3.05) is 19.8 Å². The van der Waals surface area contributed by atoms with Gasteiger partial charge < -0.3 is 35.3 Å². The summed E-state index contributed by atoms with van der Waals surface area (Å²) in [6.07, 6.45) is 2.55. The van der Waals surface area contributed by atoms with Gasteiger partial charge in [0.1, 0.15) is 5.75 Å². The fourth-order valence-electron chi connectivity index (χ4n) is 2.49. The van der Waals surface area contributed by atoms with Gasteiger partial charge in [-0.2, -0.15) is 0 Å². The van der Waals surface area contributed by atoms with Crippen LogP contribution >= 0.6 is 11.6 Å². The van der Waals surface area contributed by atoms with E-state index in [-0.39, 0.29) is 23.6 Å². The number of carbonyl (C=O) groups is 1. The van der Waals surface area contributed by atoms with Crippen LogP contribution in [-0.2, 0) is 11.3 Å². The second-order valence-corrected chi connectivity index (χ2v) is 7.52. The molecule has 3 aromatic rings. The van der Waals surface area contributed by atoms with E-state index in [2.05, 4.69) is 9.97 Å². The average Bonchev–Trinajstić information content (AvgIpc) is 3.11. The van der Waals surface area contributed by atoms with Crippen LogP contribution in [0.2, 0.25) is 5.02 Å². The normalized spacial score (nSPS) is 12.2. The first-order valence-corrected chi connectivity index (χ1v) is 10.1. The van der Waals surface area contributed by atoms with Gasteiger partial charge >= 0.3 is 11.7 Å². The number of aliphatic hydroxyl groups excluding tert-OH is 3. The SMILES string of the molecule is CC(Oc1cc2oc(=O)n(CCC(=O)O)c2cc1Cl)c1ncccn1.NC(CO)(CO)CO. The highest BCUT2D eigenvalue weighted by atomic mass is 35.5. The average molecular weight is 485 g/mol. The number of aryl methyl sites for hydroxylation is 1. The van der Waals surface area contributed by atoms with E-state index < -0.39 is 43.2 Å². The molecule has 13 heteroatoms. The molecule has 2 heterocycles. The predicted molar refractivity (Wildman–Crippen MR) is 117 cm³/mol. The molecule has 0 saturated carbocycles. The molecule has 1 atom stereocenters. The Balaban J connectivity index is 0.000000414. The molecule has 2 aromatic heterocycles. The third-order valence-corrected chi connectivity index (χ3v) is 4.76. The summed E-state index contributed by atoms with van der Waals surface area (Å²) in [7, 11) is 0. The molecule has 0 aliphatic heterocycles. The van der Waals surface area contributed by atoms with Crippen LogP contribution in [0.25, 0.3) is 11.1 Å². The minimum absolute atomic E-state index is 0.00798. The van der Waals surface area contributed by atoms with Crippen LogP contribution in [0.3, 0.4) is 0 Å². The molecule has 0 bridgehead atoms. The van der Waals surface area contributed by atoms with E-state index in [1.54, 1.807) is 25.4 Å². The van der Waals surface area contributed by atoms with Gasteiger partial charge in [-0.25, -0.2) is 14.8 Å². The number of aliphatic carboxylic acids is 1. The first-order valence-electron chi connectivity index (χ1n) is 9.73. The highest BCUT2D eigenvalue weighted by molar-refractivity contribution is 6.32. The van der Waals surface area contributed by atoms with Gasteiger partial charge in [-0.1, -0.05) is 11.6 Å². The number of carboxylic acid groups (broad SMARTS) is 1. The zero-order chi connectivity index (χ0) is 24.6. The van der Waals surface area contributed by atoms with Crippen LogP contribution in [-0.4, -0.2) is 66.3 Å². The van der Waals surface area contributed by atoms with Crippen LogP contribution in [0.1, 0.15) is 25.3 Å². The van der Waals surface area contributed by atoms with Gasteiger partial charge in [-0.3, -0.25) is 9.36 Å². The van der Waals surface area contributed by atoms with Gasteiger partial charge in [0.15, 0.2) is 17.5 Å². The molecule has 3 rings (SSSR count). The Kier molecular flexibility index (Phi) is 9.32. The molecule has 12 nitrogen and oxygen atoms in total. The van der Waals surface area contributed by atoms with Crippen LogP contribution in [0.4, 0.5) is 0 Å². The maximum absolute atomic E-state index is 11.9. The van der Waals surface area contributed by atoms with E-state index in [0.717, 1.165) is 0 Å². The summed E-state index contributed by atoms with van der Waals surface area (Å²) < 4.78 is 12.1. The van der Waals surface area contributed by atoms with Crippen LogP contribution < -0.4 is 16.2 Å². The van der Waals surface area contributed by atoms with Crippen molar-refractivity contribution >= 4 is 28.7 Å². The zero-order valence-corrected chi connectivity index (χ0v) is 18.5. The van der Waals surface area contributed by atoms with Gasteiger partial charge in [0.05, 0.1) is 42.3 Å². The van der Waals surface area contributed by atoms with E-state index in [0.29, 0.717) is 17.1 Å². The van der Waals surface area contributed by atoms with E-state index >= 15 is 0 Å². The van der Waals surface area contributed by atoms with Gasteiger partial charge in [-0.05, 0) is 19.1 Å². The Hall–Kier alpha value is -3.03. The van der Waals surface area contributed by atoms with Gasteiger partial charge in [0.25, 0.3) is 0 Å². The number of aromatic nitrogens is 3. The largest absolute Gasteiger partial charge is 0.481 e. The molecule has 0 spiro atoms. The summed E-state index contributed by atoms with van der Waals surface area (Å²) in [6, 6.07) is 4.71. The first kappa shape index (κ1) is 26.2. The summed E-state index contributed by atoms with van der Waals surface area (Å²) in [6.45, 7) is 0.552. The zero-order valence-electron chi connectivity index (χ0n) is 17.7. The number of carboxylic acids is 1. The Morgan fingerprint density at radius 1 is 1.24 bits per heavy atom. The van der Waals surface area contributed by atoms with Crippen LogP contribution in [0, 0.1) is 0 Å². The molecular weight excluding hydrogens is 460 g/mol. The molecule has 6 N–H and O–H groups in total.